The van der Waals surface area contributed by atoms with Gasteiger partial charge in [0.1, 0.15) is 23.6 Å². The second-order valence-electron chi connectivity index (χ2n) is 9.12. The van der Waals surface area contributed by atoms with Crippen LogP contribution in [0.1, 0.15) is 58.1 Å². The van der Waals surface area contributed by atoms with Gasteiger partial charge in [0.25, 0.3) is 12.0 Å². The molecule has 1 aromatic carbocycles. The number of hydrogen-bond donors (Lipinski definition) is 1. The lowest BCUT2D eigenvalue weighted by molar-refractivity contribution is -0.133. The molecule has 4 rings (SSSR count). The first-order valence-corrected chi connectivity index (χ1v) is 12.9. The van der Waals surface area contributed by atoms with Crippen molar-refractivity contribution >= 4 is 22.8 Å². The van der Waals surface area contributed by atoms with Crippen LogP contribution in [0.3, 0.4) is 0 Å². The number of methoxy groups -OCH3 is 1. The van der Waals surface area contributed by atoms with Crippen LogP contribution in [-0.2, 0) is 23.1 Å². The van der Waals surface area contributed by atoms with Crippen LogP contribution in [0.5, 0.6) is 0 Å². The number of hydrogen-bond acceptors (Lipinski definition) is 6. The van der Waals surface area contributed by atoms with Crippen molar-refractivity contribution < 1.29 is 22.7 Å². The molecule has 1 atom stereocenters. The highest BCUT2D eigenvalue weighted by atomic mass is 19.3. The van der Waals surface area contributed by atoms with E-state index in [1.807, 2.05) is 25.8 Å². The van der Waals surface area contributed by atoms with Gasteiger partial charge in [-0.2, -0.15) is 0 Å². The number of anilines is 1. The first-order valence-electron chi connectivity index (χ1n) is 12.9. The zero-order valence-electron chi connectivity index (χ0n) is 23.5. The summed E-state index contributed by atoms with van der Waals surface area (Å²) in [4.78, 5) is 32.6. The van der Waals surface area contributed by atoms with E-state index in [4.69, 9.17) is 4.74 Å². The van der Waals surface area contributed by atoms with Gasteiger partial charge in [0.2, 0.25) is 5.91 Å². The molecule has 0 spiro atoms. The molecule has 11 heteroatoms. The van der Waals surface area contributed by atoms with Crippen molar-refractivity contribution in [3.05, 3.63) is 64.0 Å². The standard InChI is InChI=1S/C16H13F3N4O.C10H19NO2.C2H6/c1-23-12(24)6-5-11-15(21-8-22-16(11)23)20-7-9-3-2-4-10(13(9)17)14(18)19;1-7(13-4)9-5-10(6-9)11(3)8(2)12;1-2/h2-6,8,14H,7H2,1H3,(H,20,21,22);7,9-10H,5-6H2,1-4H3;1-2H3. The summed E-state index contributed by atoms with van der Waals surface area (Å²) in [6.07, 6.45) is 0.905. The van der Waals surface area contributed by atoms with E-state index in [-0.39, 0.29) is 23.6 Å². The Morgan fingerprint density at radius 1 is 1.21 bits per heavy atom. The molecule has 214 valence electrons. The zero-order valence-corrected chi connectivity index (χ0v) is 23.5. The second-order valence-corrected chi connectivity index (χ2v) is 9.12. The number of pyridine rings is 1. The molecule has 39 heavy (non-hydrogen) atoms. The Labute approximate surface area is 227 Å². The monoisotopic (exact) mass is 549 g/mol. The third-order valence-electron chi connectivity index (χ3n) is 6.92. The Kier molecular flexibility index (Phi) is 11.9. The molecule has 2 heterocycles. The molecule has 1 unspecified atom stereocenters. The summed E-state index contributed by atoms with van der Waals surface area (Å²) in [6, 6.07) is 7.23. The van der Waals surface area contributed by atoms with Gasteiger partial charge in [0, 0.05) is 52.3 Å². The van der Waals surface area contributed by atoms with E-state index in [0.29, 0.717) is 34.9 Å². The Bertz CT molecular complexity index is 1300. The van der Waals surface area contributed by atoms with Crippen LogP contribution < -0.4 is 10.9 Å². The summed E-state index contributed by atoms with van der Waals surface area (Å²) in [7, 11) is 5.20. The van der Waals surface area contributed by atoms with E-state index in [9.17, 15) is 22.8 Å². The van der Waals surface area contributed by atoms with Gasteiger partial charge < -0.3 is 15.0 Å². The van der Waals surface area contributed by atoms with Gasteiger partial charge in [0.05, 0.1) is 17.1 Å². The third kappa shape index (κ3) is 7.78. The number of benzene rings is 1. The average molecular weight is 550 g/mol. The fourth-order valence-electron chi connectivity index (χ4n) is 4.18. The van der Waals surface area contributed by atoms with E-state index in [2.05, 4.69) is 22.2 Å². The predicted molar refractivity (Wildman–Crippen MR) is 146 cm³/mol. The molecule has 0 bridgehead atoms. The van der Waals surface area contributed by atoms with E-state index in [1.165, 1.54) is 29.1 Å². The van der Waals surface area contributed by atoms with Gasteiger partial charge in [-0.05, 0) is 31.7 Å². The van der Waals surface area contributed by atoms with Crippen LogP contribution in [0.25, 0.3) is 11.0 Å². The Balaban J connectivity index is 0.000000301. The minimum absolute atomic E-state index is 0.0264. The second kappa shape index (κ2) is 14.6. The number of nitrogens with zero attached hydrogens (tertiary/aromatic N) is 4. The molecular weight excluding hydrogens is 511 g/mol. The number of carbonyl (C=O) groups excluding carboxylic acids is 1. The van der Waals surface area contributed by atoms with Crippen molar-refractivity contribution in [3.8, 4) is 0 Å². The molecule has 1 aliphatic rings. The lowest BCUT2D eigenvalue weighted by Gasteiger charge is -2.43. The Morgan fingerprint density at radius 3 is 2.46 bits per heavy atom. The van der Waals surface area contributed by atoms with Crippen molar-refractivity contribution in [2.24, 2.45) is 13.0 Å². The van der Waals surface area contributed by atoms with Crippen molar-refractivity contribution in [3.63, 3.8) is 0 Å². The molecule has 2 aromatic heterocycles. The number of rotatable bonds is 7. The summed E-state index contributed by atoms with van der Waals surface area (Å²) in [5, 5.41) is 3.48. The zero-order chi connectivity index (χ0) is 29.3. The third-order valence-corrected chi connectivity index (χ3v) is 6.92. The minimum atomic E-state index is -2.88. The van der Waals surface area contributed by atoms with Gasteiger partial charge in [-0.25, -0.2) is 23.1 Å². The van der Waals surface area contributed by atoms with Crippen LogP contribution in [0.4, 0.5) is 19.0 Å². The van der Waals surface area contributed by atoms with Crippen molar-refractivity contribution in [1.82, 2.24) is 19.4 Å². The molecule has 1 N–H and O–H groups in total. The van der Waals surface area contributed by atoms with E-state index < -0.39 is 17.8 Å². The van der Waals surface area contributed by atoms with Gasteiger partial charge >= 0.3 is 0 Å². The fraction of sp³-hybridized carbons (Fsp3) is 0.500. The number of halogens is 3. The fourth-order valence-corrected chi connectivity index (χ4v) is 4.18. The summed E-state index contributed by atoms with van der Waals surface area (Å²) >= 11 is 0. The SMILES string of the molecule is CC.COC(C)C1CC(N(C)C(C)=O)C1.Cn1c(=O)ccc2c(NCc3cccc(C(F)F)c3F)ncnc21. The normalized spacial score (nSPS) is 16.8. The van der Waals surface area contributed by atoms with Crippen LogP contribution in [-0.4, -0.2) is 51.6 Å². The summed E-state index contributed by atoms with van der Waals surface area (Å²) in [5.74, 6) is 0.244. The number of amides is 1. The molecular formula is C28H38F3N5O3. The first kappa shape index (κ1) is 31.7. The van der Waals surface area contributed by atoms with Crippen LogP contribution in [0.2, 0.25) is 0 Å². The van der Waals surface area contributed by atoms with E-state index >= 15 is 0 Å². The van der Waals surface area contributed by atoms with Crippen molar-refractivity contribution in [1.29, 1.82) is 0 Å². The Morgan fingerprint density at radius 2 is 1.87 bits per heavy atom. The highest BCUT2D eigenvalue weighted by molar-refractivity contribution is 5.86. The molecule has 1 fully saturated rings. The number of nitrogens with one attached hydrogen (secondary N) is 1. The first-order chi connectivity index (χ1) is 18.5. The van der Waals surface area contributed by atoms with Crippen LogP contribution in [0, 0.1) is 11.7 Å². The number of fused-ring (bicyclic) bond motifs is 1. The maximum atomic E-state index is 14.1. The maximum Gasteiger partial charge on any atom is 0.266 e. The van der Waals surface area contributed by atoms with Crippen molar-refractivity contribution in [2.75, 3.05) is 19.5 Å². The minimum Gasteiger partial charge on any atom is -0.381 e. The number of alkyl halides is 2. The number of aromatic nitrogens is 3. The summed E-state index contributed by atoms with van der Waals surface area (Å²) in [6.45, 7) is 7.68. The lowest BCUT2D eigenvalue weighted by atomic mass is 9.76. The van der Waals surface area contributed by atoms with E-state index in [1.54, 1.807) is 27.1 Å². The molecule has 0 saturated heterocycles. The van der Waals surface area contributed by atoms with E-state index in [0.717, 1.165) is 18.9 Å². The predicted octanol–water partition coefficient (Wildman–Crippen LogP) is 5.32. The van der Waals surface area contributed by atoms with Gasteiger partial charge in [-0.3, -0.25) is 14.2 Å². The van der Waals surface area contributed by atoms with Gasteiger partial charge in [-0.15, -0.1) is 0 Å². The molecule has 1 saturated carbocycles. The van der Waals surface area contributed by atoms with Crippen LogP contribution in [0.15, 0.2) is 41.5 Å². The van der Waals surface area contributed by atoms with Crippen LogP contribution >= 0.6 is 0 Å². The molecule has 8 nitrogen and oxygen atoms in total. The molecule has 1 amide bonds. The number of aryl methyl sites for hydroxylation is 1. The van der Waals surface area contributed by atoms with Crippen molar-refractivity contribution in [2.45, 2.75) is 65.7 Å². The highest BCUT2D eigenvalue weighted by Gasteiger charge is 2.36. The summed E-state index contributed by atoms with van der Waals surface area (Å²) < 4.78 is 46.2. The maximum absolute atomic E-state index is 14.1. The smallest absolute Gasteiger partial charge is 0.266 e. The molecule has 1 aliphatic carbocycles. The van der Waals surface area contributed by atoms with Gasteiger partial charge in [0.15, 0.2) is 0 Å². The Hall–Kier alpha value is -3.47. The molecule has 0 aliphatic heterocycles. The lowest BCUT2D eigenvalue weighted by Crippen LogP contribution is -2.47. The quantitative estimate of drug-likeness (QED) is 0.429. The summed E-state index contributed by atoms with van der Waals surface area (Å²) in [5.41, 5.74) is -0.335. The molecule has 3 aromatic rings. The topological polar surface area (TPSA) is 89.4 Å². The largest absolute Gasteiger partial charge is 0.381 e. The van der Waals surface area contributed by atoms with Gasteiger partial charge in [-0.1, -0.05) is 32.0 Å². The molecule has 0 radical (unpaired) electrons. The number of ether oxygens (including phenoxy) is 1. The number of carbonyl (C=O) groups is 1. The highest BCUT2D eigenvalue weighted by Crippen LogP contribution is 2.34. The average Bonchev–Trinajstić information content (AvgIpc) is 2.90.